The van der Waals surface area contributed by atoms with Gasteiger partial charge in [0.2, 0.25) is 0 Å². The number of nitrogens with one attached hydrogen (secondary N) is 12. The zero-order valence-corrected chi connectivity index (χ0v) is 76.0. The highest BCUT2D eigenvalue weighted by molar-refractivity contribution is 7.81. The first-order chi connectivity index (χ1) is 61.0. The van der Waals surface area contributed by atoms with E-state index in [1.165, 1.54) is 0 Å². The van der Waals surface area contributed by atoms with Crippen LogP contribution in [0, 0.1) is 41.5 Å². The van der Waals surface area contributed by atoms with Crippen molar-refractivity contribution in [3.05, 3.63) is 358 Å². The van der Waals surface area contributed by atoms with Gasteiger partial charge in [-0.15, -0.1) is 0 Å². The Labute approximate surface area is 762 Å². The lowest BCUT2D eigenvalue weighted by molar-refractivity contribution is 0.443. The molecule has 12 aromatic rings. The smallest absolute Gasteiger partial charge is 0.413 e. The van der Waals surface area contributed by atoms with E-state index >= 15 is 0 Å². The van der Waals surface area contributed by atoms with Crippen LogP contribution < -0.4 is 91.6 Å². The Hall–Kier alpha value is -13.7. The highest BCUT2D eigenvalue weighted by atomic mass is 32.1. The Morgan fingerprint density at radius 3 is 0.460 bits per heavy atom. The second-order valence-electron chi connectivity index (χ2n) is 27.8. The van der Waals surface area contributed by atoms with Crippen LogP contribution >= 0.6 is 96.3 Å². The van der Waals surface area contributed by atoms with Crippen molar-refractivity contribution in [3.63, 3.8) is 0 Å². The maximum Gasteiger partial charge on any atom is 0.460 e. The summed E-state index contributed by atoms with van der Waals surface area (Å²) in [6.07, 6.45) is 9.61. The van der Waals surface area contributed by atoms with E-state index in [1.807, 2.05) is 187 Å². The van der Waals surface area contributed by atoms with Crippen molar-refractivity contribution in [2.75, 3.05) is 31.9 Å². The second-order valence-corrected chi connectivity index (χ2v) is 36.5. The molecule has 13 rings (SSSR count). The van der Waals surface area contributed by atoms with Crippen molar-refractivity contribution in [3.8, 4) is 34.5 Å². The summed E-state index contributed by atoms with van der Waals surface area (Å²) >= 11 is 33.7. The summed E-state index contributed by atoms with van der Waals surface area (Å²) in [7, 11) is -13.9. The summed E-state index contributed by atoms with van der Waals surface area (Å²) in [6.45, 7) is 12.1. The largest absolute Gasteiger partial charge is 0.460 e. The molecule has 1 atom stereocenters. The summed E-state index contributed by atoms with van der Waals surface area (Å²) in [5.74, 6) is 1.22. The number of benzene rings is 12. The molecule has 126 heavy (non-hydrogen) atoms. The highest BCUT2D eigenvalue weighted by Crippen LogP contribution is 2.78. The molecule has 0 saturated heterocycles. The quantitative estimate of drug-likeness (QED) is 0.00861. The van der Waals surface area contributed by atoms with Gasteiger partial charge in [0.05, 0.1) is 37.3 Å². The van der Waals surface area contributed by atoms with Crippen LogP contribution in [0.3, 0.4) is 0 Å². The minimum absolute atomic E-state index is 0.203. The van der Waals surface area contributed by atoms with Gasteiger partial charge in [0.15, 0.2) is 30.7 Å². The lowest BCUT2D eigenvalue weighted by Gasteiger charge is -2.33. The third-order valence-corrected chi connectivity index (χ3v) is 26.7. The van der Waals surface area contributed by atoms with E-state index in [-0.39, 0.29) is 65.2 Å². The fourth-order valence-corrected chi connectivity index (χ4v) is 21.1. The predicted octanol–water partition coefficient (Wildman–Crippen LogP) is 22.1. The molecule has 1 unspecified atom stereocenters. The summed E-state index contributed by atoms with van der Waals surface area (Å²) in [5, 5.41) is 47.3. The molecule has 0 radical (unpaired) electrons. The average Bonchev–Trinajstić information content (AvgIpc) is 0.728. The first-order valence-corrected chi connectivity index (χ1v) is 45.8. The van der Waals surface area contributed by atoms with Crippen LogP contribution in [0.2, 0.25) is 0 Å². The molecule has 12 aromatic carbocycles. The number of anilines is 6. The van der Waals surface area contributed by atoms with Gasteiger partial charge in [0.1, 0.15) is 34.5 Å². The molecular weight excluding hydrogens is 1760 g/mol. The molecule has 12 N–H and O–H groups in total. The van der Waals surface area contributed by atoms with Gasteiger partial charge in [-0.05, 0) is 367 Å². The van der Waals surface area contributed by atoms with Crippen molar-refractivity contribution in [2.24, 2.45) is 44.2 Å². The lowest BCUT2D eigenvalue weighted by Crippen LogP contribution is -2.23. The molecule has 0 saturated carbocycles. The molecule has 636 valence electrons. The monoisotopic (exact) mass is 1840 g/mol. The van der Waals surface area contributed by atoms with Crippen molar-refractivity contribution >= 4 is 198 Å². The highest BCUT2D eigenvalue weighted by Gasteiger charge is 2.49. The first kappa shape index (κ1) is 90.0. The van der Waals surface area contributed by atoms with Gasteiger partial charge in [0.25, 0.3) is 0 Å². The number of nitrogens with zero attached hydrogens (tertiary/aromatic N) is 9. The van der Waals surface area contributed by atoms with E-state index in [0.717, 1.165) is 67.5 Å². The zero-order valence-electron chi connectivity index (χ0n) is 68.4. The van der Waals surface area contributed by atoms with E-state index in [9.17, 15) is 0 Å². The fourth-order valence-electron chi connectivity index (χ4n) is 11.0. The Morgan fingerprint density at radius 1 is 0.206 bits per heavy atom. The van der Waals surface area contributed by atoms with Crippen LogP contribution in [-0.4, -0.2) is 68.0 Å². The van der Waals surface area contributed by atoms with Gasteiger partial charge in [0, 0.05) is 34.1 Å². The SMILES string of the molecule is Cc1ccc(NC(=S)N/N=C\c2ccc(OP3(Oc4ccc(/C=N\NC(=S)Nc5ccc(C)cc5)cc4)=NP(Oc4ccc(/C=N\NC(=S)Nc5ccc(C)cc5)cc4)(Oc4ccc(/C=N/NC(=S)Nc5ccc(C)cc5)cc4)=NP(Oc4ccc(/C=N/NC(=S)Nc5ccc(C)cc5)cc4)(Oc4ccc(/C=N/NC(=S)Nc5ccc(C)cc5)cc4)=N3)cc2)cc1. The number of hydrogen-bond acceptors (Lipinski definition) is 21. The van der Waals surface area contributed by atoms with E-state index in [2.05, 4.69) is 95.1 Å². The van der Waals surface area contributed by atoms with Crippen molar-refractivity contribution < 1.29 is 27.1 Å². The van der Waals surface area contributed by atoms with Gasteiger partial charge >= 0.3 is 23.0 Å². The van der Waals surface area contributed by atoms with E-state index in [0.29, 0.717) is 33.4 Å². The summed E-state index contributed by atoms with van der Waals surface area (Å²) in [6, 6.07) is 88.8. The molecule has 1 aliphatic rings. The summed E-state index contributed by atoms with van der Waals surface area (Å²) in [4.78, 5) is 0. The zero-order chi connectivity index (χ0) is 88.1. The van der Waals surface area contributed by atoms with Crippen LogP contribution in [-0.2, 0) is 0 Å². The Balaban J connectivity index is 0.940. The van der Waals surface area contributed by atoms with Crippen LogP contribution in [0.1, 0.15) is 66.8 Å². The maximum absolute atomic E-state index is 7.38. The molecule has 0 bridgehead atoms. The normalized spacial score (nSPS) is 13.7. The maximum atomic E-state index is 7.38. The molecule has 0 amide bonds. The number of thiocarbonyl (C=S) groups is 6. The standard InChI is InChI=1S/C90H84N21O6P3S6/c1-61-7-31-73(32-8-61)97-85(121)103-91-55-67-19-43-79(44-20-67)112-118(113-80-45-21-68(22-46-80)56-92-104-86(122)98-74-33-9-62(2)10-34-74)109-119(114-81-47-23-69(24-48-81)57-93-105-87(123)99-75-35-11-63(3)12-36-75,115-82-49-25-70(26-50-82)58-94-106-88(124)100-76-37-13-64(4)14-38-76)111-120(110-118,116-83-51-27-71(28-52-83)59-95-107-89(125)101-77-39-15-65(5)16-40-77)117-84-53-29-72(30-54-84)60-96-108-90(126)102-78-41-17-66(6)18-42-78/h7-60H,1-6H3,(H2,97,103,121)(H2,98,104,122)(H2,99,105,123)(H2,100,106,124)(H2,101,107,125)(H2,102,108,126)/b91-55-,92-56-,93-57-,94-58+,95-59+,96-60+. The average molecular weight is 1840 g/mol. The third-order valence-electron chi connectivity index (χ3n) is 17.4. The number of hydrazone groups is 6. The van der Waals surface area contributed by atoms with Gasteiger partial charge < -0.3 is 59.0 Å². The van der Waals surface area contributed by atoms with E-state index in [1.54, 1.807) is 183 Å². The van der Waals surface area contributed by atoms with Crippen LogP contribution in [0.4, 0.5) is 34.1 Å². The van der Waals surface area contributed by atoms with E-state index in [4.69, 9.17) is 114 Å². The topological polar surface area (TPSA) is 311 Å². The first-order valence-electron chi connectivity index (χ1n) is 38.7. The summed E-state index contributed by atoms with van der Waals surface area (Å²) < 4.78 is 61.0. The Morgan fingerprint density at radius 2 is 0.333 bits per heavy atom. The number of rotatable bonds is 30. The van der Waals surface area contributed by atoms with Crippen molar-refractivity contribution in [1.29, 1.82) is 0 Å². The van der Waals surface area contributed by atoms with Crippen molar-refractivity contribution in [1.82, 2.24) is 32.6 Å². The molecule has 0 aliphatic carbocycles. The van der Waals surface area contributed by atoms with Crippen LogP contribution in [0.5, 0.6) is 34.5 Å². The molecule has 36 heteroatoms. The van der Waals surface area contributed by atoms with Gasteiger partial charge in [-0.1, -0.05) is 120 Å². The van der Waals surface area contributed by atoms with Gasteiger partial charge in [-0.2, -0.15) is 30.6 Å². The third kappa shape index (κ3) is 28.7. The summed E-state index contributed by atoms with van der Waals surface area (Å²) in [5.41, 5.74) is 32.6. The lowest BCUT2D eigenvalue weighted by atomic mass is 10.2. The predicted molar refractivity (Wildman–Crippen MR) is 539 cm³/mol. The Kier molecular flexibility index (Phi) is 31.5. The van der Waals surface area contributed by atoms with E-state index < -0.39 is 23.0 Å². The molecule has 0 aromatic heterocycles. The minimum atomic E-state index is -4.62. The molecule has 27 nitrogen and oxygen atoms in total. The molecule has 1 heterocycles. The number of hydrogen-bond donors (Lipinski definition) is 12. The van der Waals surface area contributed by atoms with Gasteiger partial charge in [-0.3, -0.25) is 32.6 Å². The molecule has 0 spiro atoms. The molecule has 1 aliphatic heterocycles. The fraction of sp³-hybridized carbons (Fsp3) is 0.0667. The van der Waals surface area contributed by atoms with Crippen molar-refractivity contribution in [2.45, 2.75) is 41.5 Å². The number of aryl methyl sites for hydroxylation is 6. The minimum Gasteiger partial charge on any atom is -0.413 e. The van der Waals surface area contributed by atoms with Crippen LogP contribution in [0.15, 0.2) is 335 Å². The molecule has 0 fully saturated rings. The van der Waals surface area contributed by atoms with Crippen LogP contribution in [0.25, 0.3) is 0 Å². The molecular formula is C90H84N21O6P3S6. The second kappa shape index (κ2) is 44.1. The Bertz CT molecular complexity index is 5240. The van der Waals surface area contributed by atoms with Gasteiger partial charge in [-0.25, -0.2) is 0 Å².